The maximum atomic E-state index is 5.80. The van der Waals surface area contributed by atoms with Gasteiger partial charge in [-0.2, -0.15) is 0 Å². The van der Waals surface area contributed by atoms with Crippen molar-refractivity contribution in [3.63, 3.8) is 0 Å². The molecule has 1 aromatic heterocycles. The quantitative estimate of drug-likeness (QED) is 0.759. The van der Waals surface area contributed by atoms with Gasteiger partial charge < -0.3 is 9.15 Å². The van der Waals surface area contributed by atoms with Gasteiger partial charge in [0, 0.05) is 5.56 Å². The van der Waals surface area contributed by atoms with Gasteiger partial charge in [0.1, 0.15) is 0 Å². The van der Waals surface area contributed by atoms with Crippen LogP contribution in [0.5, 0.6) is 5.95 Å². The number of hydrogen-bond donors (Lipinski definition) is 0. The third kappa shape index (κ3) is 2.53. The van der Waals surface area contributed by atoms with E-state index in [1.807, 2.05) is 18.2 Å². The smallest absolute Gasteiger partial charge is 0.293 e. The topological polar surface area (TPSA) is 22.4 Å². The van der Waals surface area contributed by atoms with Gasteiger partial charge in [0.2, 0.25) is 0 Å². The Bertz CT molecular complexity index is 495. The third-order valence-electron chi connectivity index (χ3n) is 2.51. The van der Waals surface area contributed by atoms with Crippen LogP contribution in [0.25, 0.3) is 11.1 Å². The molecule has 17 heavy (non-hydrogen) atoms. The molecule has 0 N–H and O–H groups in total. The minimum Gasteiger partial charge on any atom is -0.468 e. The van der Waals surface area contributed by atoms with Gasteiger partial charge in [0.05, 0.1) is 12.4 Å². The maximum absolute atomic E-state index is 5.80. The second kappa shape index (κ2) is 4.54. The summed E-state index contributed by atoms with van der Waals surface area (Å²) in [5.41, 5.74) is 2.12. The van der Waals surface area contributed by atoms with Crippen LogP contribution in [0.2, 0.25) is 0 Å². The minimum absolute atomic E-state index is 0.0590. The van der Waals surface area contributed by atoms with Gasteiger partial charge in [-0.25, -0.2) is 0 Å². The molecule has 2 aromatic rings. The highest BCUT2D eigenvalue weighted by atomic mass is 31.0. The molecule has 0 saturated heterocycles. The van der Waals surface area contributed by atoms with Crippen LogP contribution in [0.3, 0.4) is 0 Å². The Kier molecular flexibility index (Phi) is 3.26. The lowest BCUT2D eigenvalue weighted by atomic mass is 9.95. The second-order valence-corrected chi connectivity index (χ2v) is 6.05. The average molecular weight is 248 g/mol. The summed E-state index contributed by atoms with van der Waals surface area (Å²) in [6, 6.07) is 10.2. The molecule has 0 saturated carbocycles. The van der Waals surface area contributed by atoms with Crippen LogP contribution in [0.15, 0.2) is 34.7 Å². The molecule has 0 aliphatic heterocycles. The van der Waals surface area contributed by atoms with E-state index < -0.39 is 0 Å². The fraction of sp³-hybridized carbons (Fsp3) is 0.357. The van der Waals surface area contributed by atoms with E-state index in [0.717, 1.165) is 19.2 Å². The van der Waals surface area contributed by atoms with E-state index in [4.69, 9.17) is 9.15 Å². The zero-order valence-electron chi connectivity index (χ0n) is 10.7. The van der Waals surface area contributed by atoms with Crippen molar-refractivity contribution in [2.45, 2.75) is 26.2 Å². The van der Waals surface area contributed by atoms with Gasteiger partial charge in [-0.1, -0.05) is 51.1 Å². The number of hydrogen-bond acceptors (Lipinski definition) is 2. The summed E-state index contributed by atoms with van der Waals surface area (Å²) in [5.74, 6) is 0.651. The van der Waals surface area contributed by atoms with Crippen molar-refractivity contribution < 1.29 is 9.15 Å². The van der Waals surface area contributed by atoms with Crippen LogP contribution in [-0.2, 0) is 5.41 Å². The highest BCUT2D eigenvalue weighted by Crippen LogP contribution is 2.45. The fourth-order valence-corrected chi connectivity index (χ4v) is 2.80. The lowest BCUT2D eigenvalue weighted by Crippen LogP contribution is -2.09. The molecule has 0 aliphatic carbocycles. The first-order valence-corrected chi connectivity index (χ1v) is 6.52. The van der Waals surface area contributed by atoms with Crippen molar-refractivity contribution in [1.29, 1.82) is 0 Å². The largest absolute Gasteiger partial charge is 0.468 e. The molecule has 0 radical (unpaired) electrons. The molecule has 0 spiro atoms. The zero-order valence-corrected chi connectivity index (χ0v) is 11.5. The Balaban J connectivity index is 2.49. The summed E-state index contributed by atoms with van der Waals surface area (Å²) in [7, 11) is 2.76. The zero-order chi connectivity index (χ0) is 12.5. The predicted molar refractivity (Wildman–Crippen MR) is 71.9 cm³/mol. The molecule has 0 unspecified atom stereocenters. The summed E-state index contributed by atoms with van der Waals surface area (Å²) in [6.07, 6.45) is 0. The van der Waals surface area contributed by atoms with Gasteiger partial charge in [-0.05, 0) is 13.6 Å². The predicted octanol–water partition coefficient (Wildman–Crippen LogP) is 4.83. The molecule has 0 amide bonds. The number of methoxy groups -OCH3 is 1. The molecule has 0 fully saturated rings. The van der Waals surface area contributed by atoms with Crippen LogP contribution in [-0.4, -0.2) is 7.11 Å². The SMILES string of the molecule is COc1oc(-c2ccccc2)pc1C(C)(C)C. The molecular formula is C14H17O2P. The van der Waals surface area contributed by atoms with Crippen molar-refractivity contribution in [1.82, 2.24) is 0 Å². The summed E-state index contributed by atoms with van der Waals surface area (Å²) in [4.78, 5) is 0. The summed E-state index contributed by atoms with van der Waals surface area (Å²) in [5, 5.41) is 1.19. The first-order chi connectivity index (χ1) is 8.02. The number of ether oxygens (including phenoxy) is 1. The van der Waals surface area contributed by atoms with Crippen molar-refractivity contribution in [2.24, 2.45) is 0 Å². The Morgan fingerprint density at radius 1 is 1.12 bits per heavy atom. The molecule has 0 bridgehead atoms. The van der Waals surface area contributed by atoms with Gasteiger partial charge in [0.25, 0.3) is 5.95 Å². The van der Waals surface area contributed by atoms with Crippen molar-refractivity contribution >= 4 is 8.19 Å². The maximum Gasteiger partial charge on any atom is 0.293 e. The molecule has 0 aliphatic rings. The summed E-state index contributed by atoms with van der Waals surface area (Å²) >= 11 is 0. The monoisotopic (exact) mass is 248 g/mol. The summed E-state index contributed by atoms with van der Waals surface area (Å²) < 4.78 is 11.1. The number of benzene rings is 1. The highest BCUT2D eigenvalue weighted by molar-refractivity contribution is 7.34. The van der Waals surface area contributed by atoms with Crippen LogP contribution in [0.1, 0.15) is 26.1 Å². The van der Waals surface area contributed by atoms with Gasteiger partial charge in [-0.3, -0.25) is 0 Å². The third-order valence-corrected chi connectivity index (χ3v) is 4.14. The minimum atomic E-state index is 0.0590. The Morgan fingerprint density at radius 2 is 1.76 bits per heavy atom. The van der Waals surface area contributed by atoms with E-state index in [1.165, 1.54) is 5.30 Å². The van der Waals surface area contributed by atoms with E-state index in [1.54, 1.807) is 7.11 Å². The molecule has 2 nitrogen and oxygen atoms in total. The van der Waals surface area contributed by atoms with E-state index in [9.17, 15) is 0 Å². The highest BCUT2D eigenvalue weighted by Gasteiger charge is 2.24. The van der Waals surface area contributed by atoms with Crippen molar-refractivity contribution in [2.75, 3.05) is 7.11 Å². The molecule has 3 heteroatoms. The van der Waals surface area contributed by atoms with Crippen LogP contribution in [0.4, 0.5) is 0 Å². The summed E-state index contributed by atoms with van der Waals surface area (Å²) in [6.45, 7) is 6.52. The van der Waals surface area contributed by atoms with Crippen LogP contribution < -0.4 is 4.74 Å². The molecule has 0 atom stereocenters. The normalized spacial score (nSPS) is 12.0. The molecule has 90 valence electrons. The lowest BCUT2D eigenvalue weighted by molar-refractivity contribution is 0.298. The van der Waals surface area contributed by atoms with Gasteiger partial charge >= 0.3 is 0 Å². The van der Waals surface area contributed by atoms with Gasteiger partial charge in [0.15, 0.2) is 5.49 Å². The van der Waals surface area contributed by atoms with E-state index in [2.05, 4.69) is 32.9 Å². The van der Waals surface area contributed by atoms with Crippen LogP contribution >= 0.6 is 8.19 Å². The standard InChI is InChI=1S/C14H17O2P/c1-14(2,3)11-12(15-4)16-13(17-11)10-8-6-5-7-9-10/h5-9H,1-4H3. The number of rotatable bonds is 2. The Hall–Kier alpha value is -1.27. The first-order valence-electron chi connectivity index (χ1n) is 5.63. The Morgan fingerprint density at radius 3 is 2.24 bits per heavy atom. The lowest BCUT2D eigenvalue weighted by Gasteiger charge is -2.15. The first kappa shape index (κ1) is 12.2. The average Bonchev–Trinajstić information content (AvgIpc) is 2.74. The van der Waals surface area contributed by atoms with Crippen LogP contribution in [0, 0.1) is 0 Å². The van der Waals surface area contributed by atoms with E-state index in [0.29, 0.717) is 5.95 Å². The molecule has 1 heterocycles. The Labute approximate surface area is 104 Å². The second-order valence-electron chi connectivity index (χ2n) is 4.98. The molecule has 1 aromatic carbocycles. The van der Waals surface area contributed by atoms with E-state index in [-0.39, 0.29) is 5.41 Å². The van der Waals surface area contributed by atoms with Crippen molar-refractivity contribution in [3.05, 3.63) is 35.6 Å². The fourth-order valence-electron chi connectivity index (χ4n) is 1.62. The van der Waals surface area contributed by atoms with Crippen molar-refractivity contribution in [3.8, 4) is 17.0 Å². The van der Waals surface area contributed by atoms with Gasteiger partial charge in [-0.15, -0.1) is 0 Å². The molecule has 2 rings (SSSR count). The van der Waals surface area contributed by atoms with E-state index >= 15 is 0 Å². The molecular weight excluding hydrogens is 231 g/mol.